The molecular formula is C18H17FN6O2S2. The molecule has 0 aliphatic heterocycles. The van der Waals surface area contributed by atoms with Crippen molar-refractivity contribution in [3.05, 3.63) is 59.2 Å². The van der Waals surface area contributed by atoms with Crippen LogP contribution in [0.1, 0.15) is 4.88 Å². The maximum absolute atomic E-state index is 14.1. The molecule has 0 amide bonds. The number of nitrogens with one attached hydrogen (secondary N) is 2. The largest absolute Gasteiger partial charge is 0.367 e. The highest BCUT2D eigenvalue weighted by Crippen LogP contribution is 2.22. The SMILES string of the molecule is Cc1ccc(S(=O)(=O)NCCNc2ccc3nnc(-c4ccccc4F)n3n2)s1. The quantitative estimate of drug-likeness (QED) is 0.436. The molecule has 0 radical (unpaired) electrons. The van der Waals surface area contributed by atoms with Crippen molar-refractivity contribution >= 4 is 32.8 Å². The van der Waals surface area contributed by atoms with Crippen LogP contribution in [0.25, 0.3) is 17.0 Å². The summed E-state index contributed by atoms with van der Waals surface area (Å²) < 4.78 is 42.8. The smallest absolute Gasteiger partial charge is 0.250 e. The molecule has 0 aliphatic rings. The zero-order valence-corrected chi connectivity index (χ0v) is 17.0. The van der Waals surface area contributed by atoms with Crippen LogP contribution in [0.4, 0.5) is 10.2 Å². The summed E-state index contributed by atoms with van der Waals surface area (Å²) in [6, 6.07) is 13.0. The second-order valence-corrected chi connectivity index (χ2v) is 9.46. The third-order valence-corrected chi connectivity index (χ3v) is 7.03. The van der Waals surface area contributed by atoms with Gasteiger partial charge in [-0.2, -0.15) is 4.52 Å². The highest BCUT2D eigenvalue weighted by atomic mass is 32.2. The van der Waals surface area contributed by atoms with E-state index in [1.54, 1.807) is 42.5 Å². The first-order valence-corrected chi connectivity index (χ1v) is 11.0. The first kappa shape index (κ1) is 19.4. The molecule has 29 heavy (non-hydrogen) atoms. The average Bonchev–Trinajstić information content (AvgIpc) is 3.32. The zero-order chi connectivity index (χ0) is 20.4. The fourth-order valence-corrected chi connectivity index (χ4v) is 5.06. The number of thiophene rings is 1. The number of aryl methyl sites for hydroxylation is 1. The Morgan fingerprint density at radius 1 is 1.07 bits per heavy atom. The zero-order valence-electron chi connectivity index (χ0n) is 15.3. The Bertz CT molecular complexity index is 1270. The highest BCUT2D eigenvalue weighted by molar-refractivity contribution is 7.91. The van der Waals surface area contributed by atoms with E-state index in [9.17, 15) is 12.8 Å². The Morgan fingerprint density at radius 2 is 1.90 bits per heavy atom. The maximum Gasteiger partial charge on any atom is 0.250 e. The van der Waals surface area contributed by atoms with Crippen LogP contribution in [0.2, 0.25) is 0 Å². The number of hydrogen-bond acceptors (Lipinski definition) is 7. The number of nitrogens with zero attached hydrogens (tertiary/aromatic N) is 4. The molecule has 0 atom stereocenters. The van der Waals surface area contributed by atoms with Crippen LogP contribution < -0.4 is 10.0 Å². The molecule has 0 spiro atoms. The minimum Gasteiger partial charge on any atom is -0.367 e. The van der Waals surface area contributed by atoms with Gasteiger partial charge in [-0.1, -0.05) is 12.1 Å². The third kappa shape index (κ3) is 4.11. The van der Waals surface area contributed by atoms with E-state index in [4.69, 9.17) is 0 Å². The highest BCUT2D eigenvalue weighted by Gasteiger charge is 2.16. The predicted molar refractivity (Wildman–Crippen MR) is 109 cm³/mol. The normalized spacial score (nSPS) is 11.8. The fraction of sp³-hybridized carbons (Fsp3) is 0.167. The molecule has 3 aromatic heterocycles. The van der Waals surface area contributed by atoms with Crippen molar-refractivity contribution in [2.24, 2.45) is 0 Å². The monoisotopic (exact) mass is 432 g/mol. The van der Waals surface area contributed by atoms with E-state index in [1.165, 1.54) is 21.9 Å². The Hall–Kier alpha value is -2.89. The van der Waals surface area contributed by atoms with Gasteiger partial charge in [-0.05, 0) is 43.3 Å². The van der Waals surface area contributed by atoms with E-state index in [-0.39, 0.29) is 16.6 Å². The minimum atomic E-state index is -3.53. The molecule has 3 heterocycles. The van der Waals surface area contributed by atoms with Gasteiger partial charge in [0.15, 0.2) is 11.5 Å². The van der Waals surface area contributed by atoms with Gasteiger partial charge in [-0.25, -0.2) is 17.5 Å². The van der Waals surface area contributed by atoms with Gasteiger partial charge in [-0.3, -0.25) is 0 Å². The average molecular weight is 433 g/mol. The molecule has 11 heteroatoms. The number of fused-ring (bicyclic) bond motifs is 1. The lowest BCUT2D eigenvalue weighted by atomic mass is 10.2. The summed E-state index contributed by atoms with van der Waals surface area (Å²) in [5, 5.41) is 15.5. The van der Waals surface area contributed by atoms with Crippen molar-refractivity contribution in [2.45, 2.75) is 11.1 Å². The number of anilines is 1. The van der Waals surface area contributed by atoms with E-state index >= 15 is 0 Å². The van der Waals surface area contributed by atoms with Crippen molar-refractivity contribution in [1.29, 1.82) is 0 Å². The summed E-state index contributed by atoms with van der Waals surface area (Å²) in [4.78, 5) is 0.931. The Balaban J connectivity index is 1.45. The van der Waals surface area contributed by atoms with Gasteiger partial charge < -0.3 is 5.32 Å². The second kappa shape index (κ2) is 7.85. The van der Waals surface area contributed by atoms with Crippen molar-refractivity contribution in [2.75, 3.05) is 18.4 Å². The van der Waals surface area contributed by atoms with Crippen molar-refractivity contribution in [3.8, 4) is 11.4 Å². The summed E-state index contributed by atoms with van der Waals surface area (Å²) in [7, 11) is -3.53. The molecule has 1 aromatic carbocycles. The fourth-order valence-electron chi connectivity index (χ4n) is 2.70. The molecule has 0 unspecified atom stereocenters. The van der Waals surface area contributed by atoms with Gasteiger partial charge in [0.25, 0.3) is 0 Å². The molecule has 2 N–H and O–H groups in total. The number of benzene rings is 1. The van der Waals surface area contributed by atoms with Crippen LogP contribution in [-0.2, 0) is 10.0 Å². The van der Waals surface area contributed by atoms with Crippen molar-refractivity contribution < 1.29 is 12.8 Å². The van der Waals surface area contributed by atoms with E-state index in [2.05, 4.69) is 25.3 Å². The summed E-state index contributed by atoms with van der Waals surface area (Å²) in [5.74, 6) is 0.358. The Morgan fingerprint density at radius 3 is 2.66 bits per heavy atom. The number of halogens is 1. The van der Waals surface area contributed by atoms with E-state index in [1.807, 2.05) is 6.92 Å². The summed E-state index contributed by atoms with van der Waals surface area (Å²) in [6.07, 6.45) is 0. The number of hydrogen-bond donors (Lipinski definition) is 2. The van der Waals surface area contributed by atoms with Gasteiger partial charge in [0, 0.05) is 18.0 Å². The lowest BCUT2D eigenvalue weighted by molar-refractivity contribution is 0.585. The standard InChI is InChI=1S/C18H17FN6O2S2/c1-12-6-9-17(28-12)29(26,27)21-11-10-20-15-7-8-16-22-23-18(25(16)24-15)13-4-2-3-5-14(13)19/h2-9,21H,10-11H2,1H3,(H,20,24). The van der Waals surface area contributed by atoms with Crippen LogP contribution in [0.5, 0.6) is 0 Å². The molecule has 4 rings (SSSR count). The van der Waals surface area contributed by atoms with Crippen molar-refractivity contribution in [1.82, 2.24) is 24.5 Å². The van der Waals surface area contributed by atoms with E-state index < -0.39 is 15.8 Å². The molecule has 0 aliphatic carbocycles. The van der Waals surface area contributed by atoms with E-state index in [0.29, 0.717) is 23.6 Å². The first-order chi connectivity index (χ1) is 13.9. The second-order valence-electron chi connectivity index (χ2n) is 6.18. The summed E-state index contributed by atoms with van der Waals surface area (Å²) in [5.41, 5.74) is 0.770. The number of sulfonamides is 1. The van der Waals surface area contributed by atoms with Gasteiger partial charge in [0.2, 0.25) is 10.0 Å². The van der Waals surface area contributed by atoms with Crippen LogP contribution in [-0.4, -0.2) is 41.3 Å². The first-order valence-electron chi connectivity index (χ1n) is 8.71. The van der Waals surface area contributed by atoms with Crippen LogP contribution >= 0.6 is 11.3 Å². The molecular weight excluding hydrogens is 415 g/mol. The van der Waals surface area contributed by atoms with Crippen LogP contribution in [0.15, 0.2) is 52.7 Å². The summed E-state index contributed by atoms with van der Waals surface area (Å²) in [6.45, 7) is 2.36. The minimum absolute atomic E-state index is 0.182. The Labute approximate surface area is 170 Å². The summed E-state index contributed by atoms with van der Waals surface area (Å²) >= 11 is 1.22. The van der Waals surface area contributed by atoms with Gasteiger partial charge in [0.05, 0.1) is 5.56 Å². The molecule has 0 saturated carbocycles. The van der Waals surface area contributed by atoms with E-state index in [0.717, 1.165) is 4.88 Å². The number of rotatable bonds is 7. The lowest BCUT2D eigenvalue weighted by Crippen LogP contribution is -2.28. The Kier molecular flexibility index (Phi) is 5.26. The lowest BCUT2D eigenvalue weighted by Gasteiger charge is -2.08. The van der Waals surface area contributed by atoms with Gasteiger partial charge >= 0.3 is 0 Å². The molecule has 150 valence electrons. The topological polar surface area (TPSA) is 101 Å². The van der Waals surface area contributed by atoms with Gasteiger partial charge in [0.1, 0.15) is 15.8 Å². The maximum atomic E-state index is 14.1. The molecule has 8 nitrogen and oxygen atoms in total. The van der Waals surface area contributed by atoms with Gasteiger partial charge in [-0.15, -0.1) is 26.6 Å². The van der Waals surface area contributed by atoms with Crippen LogP contribution in [0, 0.1) is 12.7 Å². The molecule has 0 saturated heterocycles. The molecule has 4 aromatic rings. The van der Waals surface area contributed by atoms with Crippen molar-refractivity contribution in [3.63, 3.8) is 0 Å². The molecule has 0 fully saturated rings. The third-order valence-electron chi connectivity index (χ3n) is 4.08. The number of aromatic nitrogens is 4. The molecule has 0 bridgehead atoms. The predicted octanol–water partition coefficient (Wildman–Crippen LogP) is 2.69. The van der Waals surface area contributed by atoms with Crippen LogP contribution in [0.3, 0.4) is 0 Å².